The summed E-state index contributed by atoms with van der Waals surface area (Å²) in [6.45, 7) is 1.08. The molecule has 0 saturated heterocycles. The number of nitrogens with one attached hydrogen (secondary N) is 1. The van der Waals surface area contributed by atoms with E-state index in [1.54, 1.807) is 45.9 Å². The molecule has 4 aromatic rings. The van der Waals surface area contributed by atoms with Gasteiger partial charge in [0.05, 0.1) is 17.2 Å². The Kier molecular flexibility index (Phi) is 3.93. The van der Waals surface area contributed by atoms with E-state index >= 15 is 0 Å². The molecule has 1 aliphatic carbocycles. The monoisotopic (exact) mass is 373 g/mol. The van der Waals surface area contributed by atoms with Crippen molar-refractivity contribution in [1.29, 1.82) is 0 Å². The molecule has 7 nitrogen and oxygen atoms in total. The van der Waals surface area contributed by atoms with Gasteiger partial charge in [0.25, 0.3) is 11.5 Å². The number of rotatable bonds is 5. The van der Waals surface area contributed by atoms with Gasteiger partial charge < -0.3 is 9.88 Å². The van der Waals surface area contributed by atoms with Crippen LogP contribution < -0.4 is 10.9 Å². The summed E-state index contributed by atoms with van der Waals surface area (Å²) in [7, 11) is 0. The van der Waals surface area contributed by atoms with Crippen molar-refractivity contribution in [3.05, 3.63) is 76.5 Å². The molecule has 1 aromatic carbocycles. The van der Waals surface area contributed by atoms with E-state index in [9.17, 15) is 9.59 Å². The van der Waals surface area contributed by atoms with Gasteiger partial charge in [-0.1, -0.05) is 6.07 Å². The zero-order chi connectivity index (χ0) is 19.1. The quantitative estimate of drug-likeness (QED) is 0.582. The van der Waals surface area contributed by atoms with E-state index in [0.29, 0.717) is 30.1 Å². The van der Waals surface area contributed by atoms with Gasteiger partial charge in [0.2, 0.25) is 0 Å². The molecule has 1 aliphatic rings. The molecule has 3 aromatic heterocycles. The first-order chi connectivity index (χ1) is 13.7. The number of nitrogens with zero attached hydrogens (tertiary/aromatic N) is 4. The maximum atomic E-state index is 13.0. The van der Waals surface area contributed by atoms with Crippen molar-refractivity contribution in [3.8, 4) is 0 Å². The van der Waals surface area contributed by atoms with Gasteiger partial charge in [0, 0.05) is 31.0 Å². The van der Waals surface area contributed by atoms with Gasteiger partial charge in [-0.3, -0.25) is 14.6 Å². The molecule has 0 bridgehead atoms. The van der Waals surface area contributed by atoms with Crippen molar-refractivity contribution in [2.75, 3.05) is 0 Å². The number of pyridine rings is 1. The molecule has 0 unspecified atom stereocenters. The van der Waals surface area contributed by atoms with Gasteiger partial charge in [-0.05, 0) is 54.7 Å². The maximum absolute atomic E-state index is 13.0. The second-order valence-electron chi connectivity index (χ2n) is 7.23. The fourth-order valence-corrected chi connectivity index (χ4v) is 3.49. The second-order valence-corrected chi connectivity index (χ2v) is 7.23. The lowest BCUT2D eigenvalue weighted by Crippen LogP contribution is -2.25. The third-order valence-corrected chi connectivity index (χ3v) is 5.18. The predicted octanol–water partition coefficient (Wildman–Crippen LogP) is 2.38. The van der Waals surface area contributed by atoms with E-state index in [2.05, 4.69) is 15.4 Å². The summed E-state index contributed by atoms with van der Waals surface area (Å²) in [6, 6.07) is 10.9. The van der Waals surface area contributed by atoms with Crippen LogP contribution in [0.3, 0.4) is 0 Å². The van der Waals surface area contributed by atoms with Crippen LogP contribution in [-0.2, 0) is 13.1 Å². The van der Waals surface area contributed by atoms with Crippen molar-refractivity contribution >= 4 is 22.5 Å². The van der Waals surface area contributed by atoms with Gasteiger partial charge in [-0.2, -0.15) is 5.10 Å². The standard InChI is InChI=1S/C21H19N5O2/c27-20(23-12-15-2-1-8-22-11-15)16-5-6-17-19(10-16)25(13-14-3-4-14)21(28)18-7-9-24-26(17)18/h1-2,5-11,14H,3-4,12-13H2,(H,23,27). The summed E-state index contributed by atoms with van der Waals surface area (Å²) in [4.78, 5) is 29.7. The fourth-order valence-electron chi connectivity index (χ4n) is 3.49. The van der Waals surface area contributed by atoms with E-state index in [0.717, 1.165) is 29.4 Å². The fraction of sp³-hybridized carbons (Fsp3) is 0.238. The molecule has 3 heterocycles. The zero-order valence-electron chi connectivity index (χ0n) is 15.2. The molecule has 1 saturated carbocycles. The van der Waals surface area contributed by atoms with Crippen LogP contribution in [0.15, 0.2) is 59.8 Å². The Bertz CT molecular complexity index is 1240. The molecular weight excluding hydrogens is 354 g/mol. The first-order valence-corrected chi connectivity index (χ1v) is 9.38. The Morgan fingerprint density at radius 3 is 2.79 bits per heavy atom. The molecule has 1 N–H and O–H groups in total. The first kappa shape index (κ1) is 16.7. The van der Waals surface area contributed by atoms with Crippen LogP contribution in [0.25, 0.3) is 16.6 Å². The topological polar surface area (TPSA) is 81.3 Å². The molecule has 0 atom stereocenters. The minimum Gasteiger partial charge on any atom is -0.348 e. The van der Waals surface area contributed by atoms with Crippen LogP contribution in [0.4, 0.5) is 0 Å². The van der Waals surface area contributed by atoms with Gasteiger partial charge in [-0.15, -0.1) is 0 Å². The number of carbonyl (C=O) groups is 1. The van der Waals surface area contributed by atoms with E-state index in [1.165, 1.54) is 0 Å². The first-order valence-electron chi connectivity index (χ1n) is 9.38. The van der Waals surface area contributed by atoms with Gasteiger partial charge >= 0.3 is 0 Å². The highest BCUT2D eigenvalue weighted by Crippen LogP contribution is 2.31. The summed E-state index contributed by atoms with van der Waals surface area (Å²) in [5.41, 5.74) is 3.50. The van der Waals surface area contributed by atoms with Crippen LogP contribution in [0, 0.1) is 5.92 Å². The Hall–Kier alpha value is -3.48. The van der Waals surface area contributed by atoms with Gasteiger partial charge in [-0.25, -0.2) is 4.52 Å². The Morgan fingerprint density at radius 2 is 2.00 bits per heavy atom. The van der Waals surface area contributed by atoms with Crippen molar-refractivity contribution < 1.29 is 4.79 Å². The molecule has 0 aliphatic heterocycles. The Labute approximate surface area is 160 Å². The third-order valence-electron chi connectivity index (χ3n) is 5.18. The lowest BCUT2D eigenvalue weighted by molar-refractivity contribution is 0.0951. The van der Waals surface area contributed by atoms with Crippen molar-refractivity contribution in [2.24, 2.45) is 5.92 Å². The molecule has 0 spiro atoms. The normalized spacial score (nSPS) is 13.9. The largest absolute Gasteiger partial charge is 0.348 e. The number of fused-ring (bicyclic) bond motifs is 3. The highest BCUT2D eigenvalue weighted by molar-refractivity contribution is 5.97. The molecule has 1 fully saturated rings. The van der Waals surface area contributed by atoms with E-state index in [4.69, 9.17) is 0 Å². The third kappa shape index (κ3) is 2.94. The molecule has 7 heteroatoms. The van der Waals surface area contributed by atoms with Crippen molar-refractivity contribution in [2.45, 2.75) is 25.9 Å². The smallest absolute Gasteiger partial charge is 0.277 e. The number of benzene rings is 1. The minimum absolute atomic E-state index is 0.0650. The lowest BCUT2D eigenvalue weighted by atomic mass is 10.1. The SMILES string of the molecule is O=C(NCc1cccnc1)c1ccc2c(c1)n(CC1CC1)c(=O)c1ccnn12. The molecule has 140 valence electrons. The highest BCUT2D eigenvalue weighted by Gasteiger charge is 2.24. The van der Waals surface area contributed by atoms with Crippen LogP contribution in [0.2, 0.25) is 0 Å². The molecular formula is C21H19N5O2. The molecule has 28 heavy (non-hydrogen) atoms. The van der Waals surface area contributed by atoms with Crippen molar-refractivity contribution in [1.82, 2.24) is 24.5 Å². The molecule has 5 rings (SSSR count). The number of carbonyl (C=O) groups excluding carboxylic acids is 1. The predicted molar refractivity (Wildman–Crippen MR) is 105 cm³/mol. The number of hydrogen-bond donors (Lipinski definition) is 1. The summed E-state index contributed by atoms with van der Waals surface area (Å²) >= 11 is 0. The second kappa shape index (κ2) is 6.60. The van der Waals surface area contributed by atoms with E-state index in [-0.39, 0.29) is 11.5 Å². The lowest BCUT2D eigenvalue weighted by Gasteiger charge is -2.13. The Balaban J connectivity index is 1.54. The summed E-state index contributed by atoms with van der Waals surface area (Å²) in [6.07, 6.45) is 7.34. The van der Waals surface area contributed by atoms with E-state index < -0.39 is 0 Å². The van der Waals surface area contributed by atoms with Crippen LogP contribution >= 0.6 is 0 Å². The van der Waals surface area contributed by atoms with Crippen LogP contribution in [-0.4, -0.2) is 25.1 Å². The summed E-state index contributed by atoms with van der Waals surface area (Å²) < 4.78 is 3.44. The summed E-state index contributed by atoms with van der Waals surface area (Å²) in [5, 5.41) is 7.20. The van der Waals surface area contributed by atoms with Crippen LogP contribution in [0.1, 0.15) is 28.8 Å². The molecule has 0 radical (unpaired) electrons. The molecule has 1 amide bonds. The van der Waals surface area contributed by atoms with E-state index in [1.807, 2.05) is 18.2 Å². The number of hydrogen-bond acceptors (Lipinski definition) is 4. The average Bonchev–Trinajstić information content (AvgIpc) is 3.42. The zero-order valence-corrected chi connectivity index (χ0v) is 15.2. The highest BCUT2D eigenvalue weighted by atomic mass is 16.1. The maximum Gasteiger partial charge on any atom is 0.277 e. The van der Waals surface area contributed by atoms with Gasteiger partial charge in [0.1, 0.15) is 5.52 Å². The van der Waals surface area contributed by atoms with Crippen molar-refractivity contribution in [3.63, 3.8) is 0 Å². The summed E-state index contributed by atoms with van der Waals surface area (Å²) in [5.74, 6) is 0.353. The Morgan fingerprint density at radius 1 is 1.11 bits per heavy atom. The number of amides is 1. The number of aromatic nitrogens is 4. The average molecular weight is 373 g/mol. The minimum atomic E-state index is -0.184. The van der Waals surface area contributed by atoms with Gasteiger partial charge in [0.15, 0.2) is 0 Å². The van der Waals surface area contributed by atoms with Crippen LogP contribution in [0.5, 0.6) is 0 Å².